The van der Waals surface area contributed by atoms with Crippen molar-refractivity contribution in [2.45, 2.75) is 13.8 Å². The molecule has 1 heterocycles. The summed E-state index contributed by atoms with van der Waals surface area (Å²) in [5.41, 5.74) is 2.96. The van der Waals surface area contributed by atoms with Crippen molar-refractivity contribution in [1.29, 1.82) is 0 Å². The number of hydrazone groups is 1. The molecule has 2 N–H and O–H groups in total. The quantitative estimate of drug-likeness (QED) is 0.630. The third-order valence-electron chi connectivity index (χ3n) is 3.10. The van der Waals surface area contributed by atoms with E-state index in [2.05, 4.69) is 31.4 Å². The van der Waals surface area contributed by atoms with Crippen molar-refractivity contribution in [3.8, 4) is 5.75 Å². The van der Waals surface area contributed by atoms with E-state index in [4.69, 9.17) is 0 Å². The maximum atomic E-state index is 14.1. The minimum atomic E-state index is -0.615. The lowest BCUT2D eigenvalue weighted by Crippen LogP contribution is -2.23. The van der Waals surface area contributed by atoms with E-state index in [1.165, 1.54) is 36.7 Å². The molecule has 0 saturated heterocycles. The third kappa shape index (κ3) is 3.92. The fourth-order valence-electron chi connectivity index (χ4n) is 1.94. The highest BCUT2D eigenvalue weighted by atomic mass is 79.9. The van der Waals surface area contributed by atoms with Crippen LogP contribution >= 0.6 is 15.9 Å². The van der Waals surface area contributed by atoms with Gasteiger partial charge in [0.25, 0.3) is 5.91 Å². The third-order valence-corrected chi connectivity index (χ3v) is 3.74. The monoisotopic (exact) mass is 379 g/mol. The van der Waals surface area contributed by atoms with Crippen LogP contribution in [0.4, 0.5) is 4.39 Å². The first-order valence-electron chi connectivity index (χ1n) is 6.87. The van der Waals surface area contributed by atoms with Crippen LogP contribution in [0.25, 0.3) is 0 Å². The molecule has 0 radical (unpaired) electrons. The summed E-state index contributed by atoms with van der Waals surface area (Å²) in [5, 5.41) is 14.1. The molecule has 23 heavy (non-hydrogen) atoms. The van der Waals surface area contributed by atoms with E-state index in [9.17, 15) is 14.3 Å². The van der Waals surface area contributed by atoms with Gasteiger partial charge in [-0.25, -0.2) is 9.82 Å². The molecule has 0 bridgehead atoms. The number of nitrogens with one attached hydrogen (secondary N) is 1. The number of carbonyl (C=O) groups is 1. The summed E-state index contributed by atoms with van der Waals surface area (Å²) in [6, 6.07) is 5.71. The van der Waals surface area contributed by atoms with Crippen molar-refractivity contribution in [1.82, 2.24) is 10.4 Å². The Labute approximate surface area is 141 Å². The van der Waals surface area contributed by atoms with Crippen LogP contribution in [0.3, 0.4) is 0 Å². The fourth-order valence-corrected chi connectivity index (χ4v) is 2.27. The highest BCUT2D eigenvalue weighted by Crippen LogP contribution is 2.31. The molecule has 0 aliphatic carbocycles. The van der Waals surface area contributed by atoms with Crippen LogP contribution in [-0.2, 0) is 0 Å². The maximum Gasteiger partial charge on any atom is 0.271 e. The Kier molecular flexibility index (Phi) is 5.44. The lowest BCUT2D eigenvalue weighted by molar-refractivity contribution is 0.0954. The predicted molar refractivity (Wildman–Crippen MR) is 88.8 cm³/mol. The SMILES string of the molecule is CC(C)C(=NNC(=O)c1ccncc1)c1c(F)ccc(Br)c1O. The molecule has 1 aromatic carbocycles. The molecule has 0 aliphatic rings. The Morgan fingerprint density at radius 2 is 1.96 bits per heavy atom. The second-order valence-corrected chi connectivity index (χ2v) is 5.94. The Balaban J connectivity index is 2.37. The molecule has 1 amide bonds. The molecule has 0 spiro atoms. The van der Waals surface area contributed by atoms with Crippen molar-refractivity contribution in [3.05, 3.63) is 58.1 Å². The minimum Gasteiger partial charge on any atom is -0.506 e. The molecule has 7 heteroatoms. The second-order valence-electron chi connectivity index (χ2n) is 5.08. The lowest BCUT2D eigenvalue weighted by Gasteiger charge is -2.14. The van der Waals surface area contributed by atoms with Gasteiger partial charge in [-0.2, -0.15) is 5.10 Å². The number of nitrogens with zero attached hydrogens (tertiary/aromatic N) is 2. The zero-order valence-corrected chi connectivity index (χ0v) is 14.1. The number of phenols is 1. The average Bonchev–Trinajstić information content (AvgIpc) is 2.54. The van der Waals surface area contributed by atoms with Crippen LogP contribution in [0.5, 0.6) is 5.75 Å². The summed E-state index contributed by atoms with van der Waals surface area (Å²) in [7, 11) is 0. The standard InChI is InChI=1S/C16H15BrFN3O2/c1-9(2)14(13-12(18)4-3-11(17)15(13)22)20-21-16(23)10-5-7-19-8-6-10/h3-9,22H,1-2H3,(H,21,23). The molecule has 1 aromatic heterocycles. The van der Waals surface area contributed by atoms with Gasteiger partial charge >= 0.3 is 0 Å². The van der Waals surface area contributed by atoms with Crippen LogP contribution in [0.15, 0.2) is 46.2 Å². The summed E-state index contributed by atoms with van der Waals surface area (Å²) in [5.74, 6) is -1.53. The number of pyridine rings is 1. The van der Waals surface area contributed by atoms with Crippen LogP contribution in [0.2, 0.25) is 0 Å². The van der Waals surface area contributed by atoms with E-state index in [-0.39, 0.29) is 22.9 Å². The average molecular weight is 380 g/mol. The number of rotatable bonds is 4. The van der Waals surface area contributed by atoms with Gasteiger partial charge in [-0.15, -0.1) is 0 Å². The van der Waals surface area contributed by atoms with Crippen LogP contribution in [0.1, 0.15) is 29.8 Å². The van der Waals surface area contributed by atoms with Crippen LogP contribution in [0, 0.1) is 11.7 Å². The number of aromatic hydroxyl groups is 1. The van der Waals surface area contributed by atoms with Gasteiger partial charge in [0, 0.05) is 18.0 Å². The van der Waals surface area contributed by atoms with Gasteiger partial charge in [0.1, 0.15) is 11.6 Å². The number of amides is 1. The zero-order chi connectivity index (χ0) is 17.0. The van der Waals surface area contributed by atoms with Gasteiger partial charge in [-0.1, -0.05) is 13.8 Å². The highest BCUT2D eigenvalue weighted by molar-refractivity contribution is 9.10. The lowest BCUT2D eigenvalue weighted by atomic mass is 9.99. The Hall–Kier alpha value is -2.28. The fraction of sp³-hybridized carbons (Fsp3) is 0.188. The topological polar surface area (TPSA) is 74.6 Å². The van der Waals surface area contributed by atoms with Crippen LogP contribution in [-0.4, -0.2) is 21.7 Å². The van der Waals surface area contributed by atoms with E-state index < -0.39 is 11.7 Å². The number of aromatic nitrogens is 1. The molecule has 2 rings (SSSR count). The van der Waals surface area contributed by atoms with E-state index in [0.29, 0.717) is 10.0 Å². The molecular formula is C16H15BrFN3O2. The normalized spacial score (nSPS) is 11.6. The maximum absolute atomic E-state index is 14.1. The Morgan fingerprint density at radius 3 is 2.57 bits per heavy atom. The van der Waals surface area contributed by atoms with Gasteiger partial charge in [0.2, 0.25) is 0 Å². The molecule has 0 aliphatic heterocycles. The molecule has 0 saturated carbocycles. The largest absolute Gasteiger partial charge is 0.506 e. The van der Waals surface area contributed by atoms with Crippen LogP contribution < -0.4 is 5.43 Å². The summed E-state index contributed by atoms with van der Waals surface area (Å²) >= 11 is 3.15. The number of hydrogen-bond donors (Lipinski definition) is 2. The molecule has 0 atom stereocenters. The molecule has 5 nitrogen and oxygen atoms in total. The first-order valence-corrected chi connectivity index (χ1v) is 7.66. The van der Waals surface area contributed by atoms with E-state index in [1.807, 2.05) is 0 Å². The number of phenolic OH excluding ortho intramolecular Hbond substituents is 1. The van der Waals surface area contributed by atoms with Crippen molar-refractivity contribution in [2.24, 2.45) is 11.0 Å². The smallest absolute Gasteiger partial charge is 0.271 e. The Bertz CT molecular complexity index is 748. The second kappa shape index (κ2) is 7.32. The summed E-state index contributed by atoms with van der Waals surface area (Å²) < 4.78 is 14.5. The molecular weight excluding hydrogens is 365 g/mol. The van der Waals surface area contributed by atoms with Crippen molar-refractivity contribution >= 4 is 27.5 Å². The summed E-state index contributed by atoms with van der Waals surface area (Å²) in [6.07, 6.45) is 2.98. The number of halogens is 2. The molecule has 0 fully saturated rings. The van der Waals surface area contributed by atoms with E-state index in [0.717, 1.165) is 0 Å². The van der Waals surface area contributed by atoms with Gasteiger partial charge in [0.15, 0.2) is 0 Å². The number of carbonyl (C=O) groups excluding carboxylic acids is 1. The van der Waals surface area contributed by atoms with Crippen molar-refractivity contribution in [2.75, 3.05) is 0 Å². The van der Waals surface area contributed by atoms with Gasteiger partial charge in [-0.05, 0) is 46.1 Å². The summed E-state index contributed by atoms with van der Waals surface area (Å²) in [6.45, 7) is 3.58. The predicted octanol–water partition coefficient (Wildman–Crippen LogP) is 3.48. The Morgan fingerprint density at radius 1 is 1.30 bits per heavy atom. The first-order chi connectivity index (χ1) is 10.9. The van der Waals surface area contributed by atoms with Crippen molar-refractivity contribution in [3.63, 3.8) is 0 Å². The molecule has 120 valence electrons. The minimum absolute atomic E-state index is 0.0376. The van der Waals surface area contributed by atoms with Gasteiger partial charge < -0.3 is 5.11 Å². The van der Waals surface area contributed by atoms with Crippen molar-refractivity contribution < 1.29 is 14.3 Å². The highest BCUT2D eigenvalue weighted by Gasteiger charge is 2.20. The van der Waals surface area contributed by atoms with E-state index in [1.54, 1.807) is 13.8 Å². The van der Waals surface area contributed by atoms with E-state index >= 15 is 0 Å². The molecule has 2 aromatic rings. The first kappa shape index (κ1) is 17.1. The number of benzene rings is 1. The number of hydrogen-bond acceptors (Lipinski definition) is 4. The summed E-state index contributed by atoms with van der Waals surface area (Å²) in [4.78, 5) is 15.9. The zero-order valence-electron chi connectivity index (χ0n) is 12.5. The molecule has 0 unspecified atom stereocenters. The van der Waals surface area contributed by atoms with Gasteiger partial charge in [-0.3, -0.25) is 9.78 Å². The van der Waals surface area contributed by atoms with Gasteiger partial charge in [0.05, 0.1) is 15.7 Å².